The normalized spacial score (nSPS) is 15.2. The van der Waals surface area contributed by atoms with Crippen LogP contribution in [0.5, 0.6) is 0 Å². The number of nitrogens with one attached hydrogen (secondary N) is 2. The summed E-state index contributed by atoms with van der Waals surface area (Å²) in [6.45, 7) is 2.24. The Labute approximate surface area is 231 Å². The van der Waals surface area contributed by atoms with Crippen LogP contribution in [0.3, 0.4) is 0 Å². The van der Waals surface area contributed by atoms with Gasteiger partial charge in [0.15, 0.2) is 0 Å². The van der Waals surface area contributed by atoms with Crippen LogP contribution >= 0.6 is 0 Å². The number of likely N-dealkylation sites (tertiary alicyclic amines) is 1. The number of nitrogens with zero attached hydrogens (tertiary/aromatic N) is 7. The predicted molar refractivity (Wildman–Crippen MR) is 155 cm³/mol. The molecule has 5 aromatic rings. The summed E-state index contributed by atoms with van der Waals surface area (Å²) >= 11 is 0. The van der Waals surface area contributed by atoms with Gasteiger partial charge in [-0.2, -0.15) is 4.98 Å². The molecule has 0 spiro atoms. The van der Waals surface area contributed by atoms with E-state index in [9.17, 15) is 4.79 Å². The number of aromatic nitrogens is 6. The second kappa shape index (κ2) is 11.4. The van der Waals surface area contributed by atoms with Gasteiger partial charge < -0.3 is 21.3 Å². The number of imidazole rings is 1. The molecule has 3 aromatic heterocycles. The van der Waals surface area contributed by atoms with Gasteiger partial charge in [-0.1, -0.05) is 24.3 Å². The number of nitrogen functional groups attached to an aromatic ring is 1. The molecule has 1 aliphatic heterocycles. The van der Waals surface area contributed by atoms with Gasteiger partial charge in [0.1, 0.15) is 12.1 Å². The number of anilines is 3. The van der Waals surface area contributed by atoms with Crippen molar-refractivity contribution in [2.24, 2.45) is 5.92 Å². The summed E-state index contributed by atoms with van der Waals surface area (Å²) in [4.78, 5) is 36.6. The highest BCUT2D eigenvalue weighted by Crippen LogP contribution is 2.25. The van der Waals surface area contributed by atoms with Crippen molar-refractivity contribution in [1.29, 1.82) is 0 Å². The molecule has 4 N–H and O–H groups in total. The van der Waals surface area contributed by atoms with Gasteiger partial charge >= 0.3 is 6.03 Å². The summed E-state index contributed by atoms with van der Waals surface area (Å²) in [6.07, 6.45) is 8.16. The van der Waals surface area contributed by atoms with Gasteiger partial charge in [0.05, 0.1) is 16.7 Å². The van der Waals surface area contributed by atoms with Crippen molar-refractivity contribution >= 4 is 34.6 Å². The van der Waals surface area contributed by atoms with E-state index >= 15 is 0 Å². The molecule has 0 radical (unpaired) electrons. The van der Waals surface area contributed by atoms with Crippen LogP contribution in [0, 0.1) is 5.92 Å². The van der Waals surface area contributed by atoms with E-state index in [2.05, 4.69) is 30.6 Å². The third kappa shape index (κ3) is 5.68. The van der Waals surface area contributed by atoms with Gasteiger partial charge in [0, 0.05) is 43.3 Å². The lowest BCUT2D eigenvalue weighted by molar-refractivity contribution is 0.175. The van der Waals surface area contributed by atoms with Crippen molar-refractivity contribution in [1.82, 2.24) is 34.4 Å². The van der Waals surface area contributed by atoms with Crippen LogP contribution in [-0.4, -0.2) is 60.1 Å². The Kier molecular flexibility index (Phi) is 7.16. The summed E-state index contributed by atoms with van der Waals surface area (Å²) in [5.74, 6) is 1.93. The van der Waals surface area contributed by atoms with E-state index in [1.165, 1.54) is 0 Å². The lowest BCUT2D eigenvalue weighted by Crippen LogP contribution is -2.42. The maximum Gasteiger partial charge on any atom is 0.321 e. The first kappa shape index (κ1) is 25.2. The molecular weight excluding hydrogens is 504 g/mol. The molecule has 1 fully saturated rings. The Bertz CT molecular complexity index is 1620. The molecule has 0 aliphatic carbocycles. The number of nitrogens with two attached hydrogens (primary N) is 1. The van der Waals surface area contributed by atoms with Crippen molar-refractivity contribution in [2.75, 3.05) is 36.0 Å². The summed E-state index contributed by atoms with van der Waals surface area (Å²) in [6, 6.07) is 19.2. The average Bonchev–Trinajstić information content (AvgIpc) is 3.42. The second-order valence-electron chi connectivity index (χ2n) is 9.82. The second-order valence-corrected chi connectivity index (χ2v) is 9.82. The first-order valence-electron chi connectivity index (χ1n) is 13.4. The highest BCUT2D eigenvalue weighted by molar-refractivity contribution is 5.89. The van der Waals surface area contributed by atoms with Gasteiger partial charge in [-0.3, -0.25) is 4.57 Å². The molecule has 40 heavy (non-hydrogen) atoms. The number of para-hydroxylation sites is 1. The van der Waals surface area contributed by atoms with E-state index in [-0.39, 0.29) is 12.0 Å². The molecule has 2 amide bonds. The summed E-state index contributed by atoms with van der Waals surface area (Å²) in [5.41, 5.74) is 9.96. The lowest BCUT2D eigenvalue weighted by Gasteiger charge is -2.32. The van der Waals surface area contributed by atoms with E-state index in [0.717, 1.165) is 72.7 Å². The van der Waals surface area contributed by atoms with Crippen molar-refractivity contribution in [2.45, 2.75) is 19.3 Å². The molecule has 1 unspecified atom stereocenters. The van der Waals surface area contributed by atoms with E-state index in [1.54, 1.807) is 18.7 Å². The molecule has 0 bridgehead atoms. The molecule has 11 nitrogen and oxygen atoms in total. The fourth-order valence-electron chi connectivity index (χ4n) is 5.05. The van der Waals surface area contributed by atoms with Crippen molar-refractivity contribution < 1.29 is 4.79 Å². The molecule has 0 saturated carbocycles. The molecule has 6 rings (SSSR count). The van der Waals surface area contributed by atoms with Crippen molar-refractivity contribution in [3.8, 4) is 17.1 Å². The molecule has 1 atom stereocenters. The maximum absolute atomic E-state index is 12.7. The van der Waals surface area contributed by atoms with E-state index in [0.29, 0.717) is 11.9 Å². The summed E-state index contributed by atoms with van der Waals surface area (Å²) in [7, 11) is 0. The zero-order valence-electron chi connectivity index (χ0n) is 21.9. The van der Waals surface area contributed by atoms with Crippen LogP contribution in [0.2, 0.25) is 0 Å². The van der Waals surface area contributed by atoms with Crippen LogP contribution in [0.25, 0.3) is 28.1 Å². The number of carbonyl (C=O) groups is 1. The van der Waals surface area contributed by atoms with Crippen LogP contribution in [0.1, 0.15) is 19.3 Å². The third-order valence-electron chi connectivity index (χ3n) is 7.07. The summed E-state index contributed by atoms with van der Waals surface area (Å²) < 4.78 is 1.94. The van der Waals surface area contributed by atoms with Gasteiger partial charge in [-0.05, 0) is 61.6 Å². The van der Waals surface area contributed by atoms with Crippen LogP contribution < -0.4 is 16.4 Å². The lowest BCUT2D eigenvalue weighted by atomic mass is 9.95. The number of hydrogen-bond acceptors (Lipinski definition) is 8. The molecule has 1 aliphatic rings. The summed E-state index contributed by atoms with van der Waals surface area (Å²) in [5, 5.41) is 6.35. The largest absolute Gasteiger partial charge is 0.368 e. The first-order chi connectivity index (χ1) is 19.6. The fraction of sp³-hybridized carbons (Fsp3) is 0.241. The van der Waals surface area contributed by atoms with E-state index in [4.69, 9.17) is 10.7 Å². The number of benzene rings is 2. The van der Waals surface area contributed by atoms with Gasteiger partial charge in [-0.15, -0.1) is 0 Å². The number of fused-ring (bicyclic) bond motifs is 1. The third-order valence-corrected chi connectivity index (χ3v) is 7.07. The highest BCUT2D eigenvalue weighted by Gasteiger charge is 2.23. The number of amides is 2. The monoisotopic (exact) mass is 534 g/mol. The minimum Gasteiger partial charge on any atom is -0.368 e. The van der Waals surface area contributed by atoms with Gasteiger partial charge in [-0.25, -0.2) is 24.7 Å². The Balaban J connectivity index is 1.07. The van der Waals surface area contributed by atoms with Gasteiger partial charge in [0.2, 0.25) is 11.9 Å². The minimum absolute atomic E-state index is 0.0410. The molecular formula is C29H30N10O. The standard InChI is InChI=1S/C29H30N10O/c30-27-31-14-11-23(36-27)21-8-9-25-24(17-21)34-19-39(25)26-12-15-33-28(37-26)32-13-10-20-5-4-16-38(18-20)29(40)35-22-6-2-1-3-7-22/h1-3,6-9,11-12,14-15,17,19-20H,4-5,10,13,16,18H2,(H,35,40)(H2,30,31,36)(H,32,33,37). The Morgan fingerprint density at radius 1 is 1.00 bits per heavy atom. The first-order valence-corrected chi connectivity index (χ1v) is 13.4. The molecule has 11 heteroatoms. The molecule has 1 saturated heterocycles. The maximum atomic E-state index is 12.7. The van der Waals surface area contributed by atoms with Crippen molar-refractivity contribution in [3.05, 3.63) is 79.4 Å². The number of urea groups is 1. The quantitative estimate of drug-likeness (QED) is 0.275. The van der Waals surface area contributed by atoms with Crippen molar-refractivity contribution in [3.63, 3.8) is 0 Å². The van der Waals surface area contributed by atoms with Crippen LogP contribution in [0.4, 0.5) is 22.4 Å². The smallest absolute Gasteiger partial charge is 0.321 e. The molecule has 202 valence electrons. The SMILES string of the molecule is Nc1nccc(-c2ccc3c(c2)ncn3-c2ccnc(NCCC3CCCN(C(=O)Nc4ccccc4)C3)n2)n1. The van der Waals surface area contributed by atoms with Gasteiger partial charge in [0.25, 0.3) is 0 Å². The number of hydrogen-bond donors (Lipinski definition) is 3. The van der Waals surface area contributed by atoms with Crippen LogP contribution in [-0.2, 0) is 0 Å². The number of rotatable bonds is 7. The molecule has 4 heterocycles. The number of piperidine rings is 1. The Morgan fingerprint density at radius 3 is 2.75 bits per heavy atom. The van der Waals surface area contributed by atoms with E-state index in [1.807, 2.05) is 70.1 Å². The predicted octanol–water partition coefficient (Wildman–Crippen LogP) is 4.60. The topological polar surface area (TPSA) is 140 Å². The van der Waals surface area contributed by atoms with E-state index < -0.39 is 0 Å². The minimum atomic E-state index is -0.0410. The Hall–Kier alpha value is -5.06. The fourth-order valence-corrected chi connectivity index (χ4v) is 5.05. The Morgan fingerprint density at radius 2 is 1.88 bits per heavy atom. The zero-order valence-corrected chi connectivity index (χ0v) is 21.9. The average molecular weight is 535 g/mol. The highest BCUT2D eigenvalue weighted by atomic mass is 16.2. The van der Waals surface area contributed by atoms with Crippen LogP contribution in [0.15, 0.2) is 79.4 Å². The molecule has 2 aromatic carbocycles. The zero-order chi connectivity index (χ0) is 27.3. The number of carbonyl (C=O) groups excluding carboxylic acids is 1.